The van der Waals surface area contributed by atoms with Crippen molar-refractivity contribution in [2.45, 2.75) is 31.7 Å². The Balaban J connectivity index is 1.52. The van der Waals surface area contributed by atoms with E-state index in [4.69, 9.17) is 11.5 Å². The molecule has 0 unspecified atom stereocenters. The molecule has 0 heterocycles. The number of unbranched alkanes of at least 4 members (excludes halogenated alkanes) is 1. The highest BCUT2D eigenvalue weighted by Gasteiger charge is 2.13. The number of hydrogen-bond acceptors (Lipinski definition) is 3. The second-order valence-electron chi connectivity index (χ2n) is 7.51. The fourth-order valence-electron chi connectivity index (χ4n) is 4.10. The van der Waals surface area contributed by atoms with Gasteiger partial charge in [-0.25, -0.2) is 0 Å². The molecule has 0 aliphatic carbocycles. The number of hydrogen-bond donors (Lipinski definition) is 3. The zero-order valence-corrected chi connectivity index (χ0v) is 16.1. The van der Waals surface area contributed by atoms with E-state index in [1.54, 1.807) is 0 Å². The molecule has 0 spiro atoms. The monoisotopic (exact) mass is 373 g/mol. The lowest BCUT2D eigenvalue weighted by Crippen LogP contribution is -2.41. The Bertz CT molecular complexity index is 1090. The van der Waals surface area contributed by atoms with E-state index in [2.05, 4.69) is 59.9 Å². The van der Waals surface area contributed by atoms with Crippen molar-refractivity contribution >= 4 is 38.2 Å². The third-order valence-electron chi connectivity index (χ3n) is 5.62. The van der Waals surface area contributed by atoms with Gasteiger partial charge in [-0.15, -0.1) is 0 Å². The average molecular weight is 374 g/mol. The van der Waals surface area contributed by atoms with Gasteiger partial charge in [0.15, 0.2) is 0 Å². The molecule has 5 N–H and O–H groups in total. The number of amides is 1. The first kappa shape index (κ1) is 18.7. The van der Waals surface area contributed by atoms with Gasteiger partial charge in [-0.3, -0.25) is 4.79 Å². The lowest BCUT2D eigenvalue weighted by atomic mass is 9.91. The molecule has 1 atom stereocenters. The van der Waals surface area contributed by atoms with Crippen LogP contribution in [0.2, 0.25) is 0 Å². The van der Waals surface area contributed by atoms with Gasteiger partial charge >= 0.3 is 0 Å². The van der Waals surface area contributed by atoms with Crippen LogP contribution in [0.4, 0.5) is 0 Å². The highest BCUT2D eigenvalue weighted by atomic mass is 16.2. The van der Waals surface area contributed by atoms with Crippen LogP contribution in [0.1, 0.15) is 24.8 Å². The molecule has 0 aliphatic rings. The van der Waals surface area contributed by atoms with Crippen LogP contribution in [0.5, 0.6) is 0 Å². The molecule has 0 saturated heterocycles. The summed E-state index contributed by atoms with van der Waals surface area (Å²) in [4.78, 5) is 12.2. The first-order valence-electron chi connectivity index (χ1n) is 10.1. The molecule has 28 heavy (non-hydrogen) atoms. The van der Waals surface area contributed by atoms with E-state index >= 15 is 0 Å². The van der Waals surface area contributed by atoms with Crippen LogP contribution < -0.4 is 16.8 Å². The van der Waals surface area contributed by atoms with Gasteiger partial charge in [-0.1, -0.05) is 61.0 Å². The summed E-state index contributed by atoms with van der Waals surface area (Å²) in [7, 11) is 0. The molecule has 0 aromatic heterocycles. The van der Waals surface area contributed by atoms with Crippen molar-refractivity contribution in [1.82, 2.24) is 5.32 Å². The Kier molecular flexibility index (Phi) is 5.42. The molecule has 4 aromatic rings. The van der Waals surface area contributed by atoms with Crippen LogP contribution in [0.3, 0.4) is 0 Å². The van der Waals surface area contributed by atoms with Gasteiger partial charge in [0.1, 0.15) is 0 Å². The molecule has 0 fully saturated rings. The van der Waals surface area contributed by atoms with E-state index in [-0.39, 0.29) is 5.91 Å². The maximum Gasteiger partial charge on any atom is 0.236 e. The minimum Gasteiger partial charge on any atom is -0.354 e. The summed E-state index contributed by atoms with van der Waals surface area (Å²) in [6.45, 7) is 1.23. The number of benzene rings is 4. The van der Waals surface area contributed by atoms with Crippen molar-refractivity contribution in [1.29, 1.82) is 0 Å². The van der Waals surface area contributed by atoms with E-state index in [1.165, 1.54) is 37.9 Å². The van der Waals surface area contributed by atoms with E-state index in [0.29, 0.717) is 19.5 Å². The van der Waals surface area contributed by atoms with Crippen LogP contribution in [-0.4, -0.2) is 25.0 Å². The summed E-state index contributed by atoms with van der Waals surface area (Å²) in [6, 6.07) is 19.1. The highest BCUT2D eigenvalue weighted by Crippen LogP contribution is 2.35. The molecule has 4 aromatic carbocycles. The van der Waals surface area contributed by atoms with E-state index in [9.17, 15) is 4.79 Å². The van der Waals surface area contributed by atoms with Crippen LogP contribution in [0.25, 0.3) is 32.3 Å². The van der Waals surface area contributed by atoms with Crippen LogP contribution >= 0.6 is 0 Å². The Hall–Kier alpha value is -2.69. The molecule has 0 aliphatic heterocycles. The summed E-state index contributed by atoms with van der Waals surface area (Å²) >= 11 is 0. The SMILES string of the molecule is NCCCC[C@H](N)C(=O)NCCc1ccc2ccc3cccc4ccc1c2c34. The number of rotatable bonds is 8. The fourth-order valence-corrected chi connectivity index (χ4v) is 4.10. The van der Waals surface area contributed by atoms with Gasteiger partial charge in [0.05, 0.1) is 6.04 Å². The third-order valence-corrected chi connectivity index (χ3v) is 5.62. The summed E-state index contributed by atoms with van der Waals surface area (Å²) in [5.41, 5.74) is 12.7. The largest absolute Gasteiger partial charge is 0.354 e. The summed E-state index contributed by atoms with van der Waals surface area (Å²) in [5, 5.41) is 10.7. The molecule has 4 nitrogen and oxygen atoms in total. The molecular formula is C24H27N3O. The van der Waals surface area contributed by atoms with Gasteiger partial charge in [-0.2, -0.15) is 0 Å². The molecule has 0 bridgehead atoms. The second kappa shape index (κ2) is 8.13. The van der Waals surface area contributed by atoms with Crippen LogP contribution in [0.15, 0.2) is 54.6 Å². The topological polar surface area (TPSA) is 81.1 Å². The van der Waals surface area contributed by atoms with Crippen molar-refractivity contribution in [3.63, 3.8) is 0 Å². The standard InChI is InChI=1S/C24H27N3O/c25-14-2-1-6-21(26)24(28)27-15-13-16-7-8-19-10-9-17-4-3-5-18-11-12-20(16)23(19)22(17)18/h3-5,7-12,21H,1-2,6,13-15,25-26H2,(H,27,28)/t21-/m0/s1. The zero-order chi connectivity index (χ0) is 19.5. The van der Waals surface area contributed by atoms with Crippen molar-refractivity contribution in [3.05, 3.63) is 60.2 Å². The molecule has 0 saturated carbocycles. The molecule has 4 heteroatoms. The minimum atomic E-state index is -0.451. The van der Waals surface area contributed by atoms with Crippen molar-refractivity contribution < 1.29 is 4.79 Å². The summed E-state index contributed by atoms with van der Waals surface area (Å²) in [5.74, 6) is -0.0743. The average Bonchev–Trinajstić information content (AvgIpc) is 2.72. The number of nitrogens with one attached hydrogen (secondary N) is 1. The van der Waals surface area contributed by atoms with Crippen LogP contribution in [-0.2, 0) is 11.2 Å². The van der Waals surface area contributed by atoms with Crippen LogP contribution in [0, 0.1) is 0 Å². The lowest BCUT2D eigenvalue weighted by Gasteiger charge is -2.15. The Morgan fingerprint density at radius 1 is 0.893 bits per heavy atom. The van der Waals surface area contributed by atoms with Gasteiger partial charge < -0.3 is 16.8 Å². The van der Waals surface area contributed by atoms with Crippen molar-refractivity contribution in [3.8, 4) is 0 Å². The van der Waals surface area contributed by atoms with E-state index in [0.717, 1.165) is 19.3 Å². The van der Waals surface area contributed by atoms with Crippen molar-refractivity contribution in [2.24, 2.45) is 11.5 Å². The summed E-state index contributed by atoms with van der Waals surface area (Å²) in [6.07, 6.45) is 3.26. The van der Waals surface area contributed by atoms with E-state index in [1.807, 2.05) is 0 Å². The molecule has 1 amide bonds. The Labute approximate surface area is 165 Å². The first-order chi connectivity index (χ1) is 13.7. The normalized spacial score (nSPS) is 12.8. The first-order valence-corrected chi connectivity index (χ1v) is 10.1. The maximum absolute atomic E-state index is 12.2. The van der Waals surface area contributed by atoms with Gasteiger partial charge in [0.25, 0.3) is 0 Å². The fraction of sp³-hybridized carbons (Fsp3) is 0.292. The molecular weight excluding hydrogens is 346 g/mol. The molecule has 4 rings (SSSR count). The molecule has 0 radical (unpaired) electrons. The zero-order valence-electron chi connectivity index (χ0n) is 16.1. The number of carbonyl (C=O) groups excluding carboxylic acids is 1. The van der Waals surface area contributed by atoms with Crippen molar-refractivity contribution in [2.75, 3.05) is 13.1 Å². The van der Waals surface area contributed by atoms with Gasteiger partial charge in [-0.05, 0) is 63.7 Å². The van der Waals surface area contributed by atoms with Gasteiger partial charge in [0, 0.05) is 6.54 Å². The maximum atomic E-state index is 12.2. The third kappa shape index (κ3) is 3.53. The van der Waals surface area contributed by atoms with E-state index < -0.39 is 6.04 Å². The second-order valence-corrected chi connectivity index (χ2v) is 7.51. The number of carbonyl (C=O) groups is 1. The predicted octanol–water partition coefficient (Wildman–Crippen LogP) is 3.70. The summed E-state index contributed by atoms with van der Waals surface area (Å²) < 4.78 is 0. The molecule has 144 valence electrons. The number of nitrogens with two attached hydrogens (primary N) is 2. The quantitative estimate of drug-likeness (QED) is 0.325. The predicted molar refractivity (Wildman–Crippen MR) is 118 cm³/mol. The lowest BCUT2D eigenvalue weighted by molar-refractivity contribution is -0.122. The smallest absolute Gasteiger partial charge is 0.236 e. The Morgan fingerprint density at radius 3 is 2.32 bits per heavy atom. The van der Waals surface area contributed by atoms with Gasteiger partial charge in [0.2, 0.25) is 5.91 Å². The highest BCUT2D eigenvalue weighted by molar-refractivity contribution is 6.23. The Morgan fingerprint density at radius 2 is 1.57 bits per heavy atom. The minimum absolute atomic E-state index is 0.0743.